The highest BCUT2D eigenvalue weighted by Crippen LogP contribution is 2.17. The van der Waals surface area contributed by atoms with Crippen LogP contribution >= 0.6 is 0 Å². The number of carbonyl (C=O) groups is 2. The minimum atomic E-state index is 0.0135. The molecule has 4 nitrogen and oxygen atoms in total. The summed E-state index contributed by atoms with van der Waals surface area (Å²) in [7, 11) is 0. The Morgan fingerprint density at radius 3 is 2.31 bits per heavy atom. The van der Waals surface area contributed by atoms with Gasteiger partial charge in [-0.2, -0.15) is 0 Å². The van der Waals surface area contributed by atoms with Gasteiger partial charge in [0.2, 0.25) is 5.91 Å². The van der Waals surface area contributed by atoms with E-state index in [0.29, 0.717) is 32.6 Å². The number of amides is 1. The second kappa shape index (κ2) is 7.39. The SMILES string of the molecule is CC(=O)CCOCCNC(=O)CC(C)(C)C. The Balaban J connectivity index is 3.38. The maximum atomic E-state index is 11.4. The van der Waals surface area contributed by atoms with Gasteiger partial charge in [-0.25, -0.2) is 0 Å². The molecule has 0 aromatic carbocycles. The van der Waals surface area contributed by atoms with Crippen LogP contribution in [0.25, 0.3) is 0 Å². The van der Waals surface area contributed by atoms with Gasteiger partial charge >= 0.3 is 0 Å². The molecule has 0 unspecified atom stereocenters. The maximum absolute atomic E-state index is 11.4. The van der Waals surface area contributed by atoms with Crippen molar-refractivity contribution < 1.29 is 14.3 Å². The first-order valence-corrected chi connectivity index (χ1v) is 5.65. The number of ether oxygens (including phenoxy) is 1. The molecular formula is C12H23NO3. The van der Waals surface area contributed by atoms with Gasteiger partial charge < -0.3 is 10.1 Å². The van der Waals surface area contributed by atoms with Gasteiger partial charge in [0.1, 0.15) is 5.78 Å². The molecule has 0 heterocycles. The van der Waals surface area contributed by atoms with Crippen molar-refractivity contribution in [3.63, 3.8) is 0 Å². The van der Waals surface area contributed by atoms with Crippen LogP contribution in [-0.2, 0) is 14.3 Å². The molecular weight excluding hydrogens is 206 g/mol. The molecule has 0 saturated carbocycles. The summed E-state index contributed by atoms with van der Waals surface area (Å²) >= 11 is 0. The smallest absolute Gasteiger partial charge is 0.220 e. The van der Waals surface area contributed by atoms with Crippen molar-refractivity contribution in [1.29, 1.82) is 0 Å². The Morgan fingerprint density at radius 2 is 1.81 bits per heavy atom. The lowest BCUT2D eigenvalue weighted by molar-refractivity contribution is -0.123. The normalized spacial score (nSPS) is 11.2. The van der Waals surface area contributed by atoms with Gasteiger partial charge in [-0.05, 0) is 12.3 Å². The van der Waals surface area contributed by atoms with Crippen LogP contribution in [0.1, 0.15) is 40.5 Å². The molecule has 0 aromatic rings. The second-order valence-electron chi connectivity index (χ2n) is 5.15. The van der Waals surface area contributed by atoms with E-state index in [2.05, 4.69) is 5.32 Å². The topological polar surface area (TPSA) is 55.4 Å². The van der Waals surface area contributed by atoms with Gasteiger partial charge in [-0.3, -0.25) is 9.59 Å². The van der Waals surface area contributed by atoms with E-state index in [1.54, 1.807) is 0 Å². The second-order valence-corrected chi connectivity index (χ2v) is 5.15. The Morgan fingerprint density at radius 1 is 1.19 bits per heavy atom. The highest BCUT2D eigenvalue weighted by atomic mass is 16.5. The van der Waals surface area contributed by atoms with Crippen LogP contribution in [0.2, 0.25) is 0 Å². The highest BCUT2D eigenvalue weighted by molar-refractivity contribution is 5.76. The Hall–Kier alpha value is -0.900. The molecule has 4 heteroatoms. The van der Waals surface area contributed by atoms with E-state index < -0.39 is 0 Å². The monoisotopic (exact) mass is 229 g/mol. The zero-order valence-electron chi connectivity index (χ0n) is 10.8. The summed E-state index contributed by atoms with van der Waals surface area (Å²) in [4.78, 5) is 22.0. The third-order valence-electron chi connectivity index (χ3n) is 1.86. The molecule has 0 fully saturated rings. The first-order chi connectivity index (χ1) is 7.31. The Kier molecular flexibility index (Phi) is 6.97. The lowest BCUT2D eigenvalue weighted by Crippen LogP contribution is -2.30. The number of Topliss-reactive ketones (excluding diaryl/α,β-unsaturated/α-hetero) is 1. The van der Waals surface area contributed by atoms with Crippen molar-refractivity contribution in [3.05, 3.63) is 0 Å². The quantitative estimate of drug-likeness (QED) is 0.674. The van der Waals surface area contributed by atoms with Crippen LogP contribution in [0.4, 0.5) is 0 Å². The van der Waals surface area contributed by atoms with Crippen LogP contribution in [0, 0.1) is 5.41 Å². The third-order valence-corrected chi connectivity index (χ3v) is 1.86. The summed E-state index contributed by atoms with van der Waals surface area (Å²) in [5, 5.41) is 2.78. The lowest BCUT2D eigenvalue weighted by atomic mass is 9.92. The summed E-state index contributed by atoms with van der Waals surface area (Å²) in [6.45, 7) is 9.01. The van der Waals surface area contributed by atoms with Gasteiger partial charge in [0.25, 0.3) is 0 Å². The van der Waals surface area contributed by atoms with Gasteiger partial charge in [-0.15, -0.1) is 0 Å². The van der Waals surface area contributed by atoms with E-state index in [1.807, 2.05) is 20.8 Å². The molecule has 0 spiro atoms. The molecule has 0 rings (SSSR count). The minimum Gasteiger partial charge on any atom is -0.379 e. The molecule has 0 aromatic heterocycles. The molecule has 1 N–H and O–H groups in total. The van der Waals surface area contributed by atoms with E-state index in [9.17, 15) is 9.59 Å². The number of ketones is 1. The Labute approximate surface area is 97.7 Å². The molecule has 94 valence electrons. The zero-order chi connectivity index (χ0) is 12.6. The predicted octanol–water partition coefficient (Wildman–Crippen LogP) is 1.53. The average molecular weight is 229 g/mol. The highest BCUT2D eigenvalue weighted by Gasteiger charge is 2.15. The van der Waals surface area contributed by atoms with Crippen molar-refractivity contribution in [2.24, 2.45) is 5.41 Å². The molecule has 0 aliphatic carbocycles. The molecule has 1 amide bonds. The molecule has 0 bridgehead atoms. The van der Waals surface area contributed by atoms with E-state index in [4.69, 9.17) is 4.74 Å². The van der Waals surface area contributed by atoms with Gasteiger partial charge in [0.15, 0.2) is 0 Å². The number of hydrogen-bond acceptors (Lipinski definition) is 3. The van der Waals surface area contributed by atoms with Crippen molar-refractivity contribution in [2.75, 3.05) is 19.8 Å². The fourth-order valence-electron chi connectivity index (χ4n) is 1.12. The largest absolute Gasteiger partial charge is 0.379 e. The molecule has 16 heavy (non-hydrogen) atoms. The summed E-state index contributed by atoms with van der Waals surface area (Å²) < 4.78 is 5.19. The zero-order valence-corrected chi connectivity index (χ0v) is 10.8. The van der Waals surface area contributed by atoms with Crippen LogP contribution in [-0.4, -0.2) is 31.4 Å². The fourth-order valence-corrected chi connectivity index (χ4v) is 1.12. The lowest BCUT2D eigenvalue weighted by Gasteiger charge is -2.17. The summed E-state index contributed by atoms with van der Waals surface area (Å²) in [6.07, 6.45) is 0.955. The van der Waals surface area contributed by atoms with Crippen molar-refractivity contribution >= 4 is 11.7 Å². The third kappa shape index (κ3) is 11.2. The Bertz CT molecular complexity index is 231. The van der Waals surface area contributed by atoms with E-state index in [-0.39, 0.29) is 17.1 Å². The summed E-state index contributed by atoms with van der Waals surface area (Å²) in [6, 6.07) is 0. The number of nitrogens with one attached hydrogen (secondary N) is 1. The average Bonchev–Trinajstić information content (AvgIpc) is 2.07. The standard InChI is InChI=1S/C12H23NO3/c1-10(14)5-7-16-8-6-13-11(15)9-12(2,3)4/h5-9H2,1-4H3,(H,13,15). The minimum absolute atomic E-state index is 0.0135. The van der Waals surface area contributed by atoms with Crippen LogP contribution in [0.5, 0.6) is 0 Å². The van der Waals surface area contributed by atoms with E-state index in [1.165, 1.54) is 6.92 Å². The molecule has 0 radical (unpaired) electrons. The predicted molar refractivity (Wildman–Crippen MR) is 63.2 cm³/mol. The molecule has 0 aliphatic rings. The summed E-state index contributed by atoms with van der Waals surface area (Å²) in [5.41, 5.74) is 0.0135. The number of rotatable bonds is 7. The fraction of sp³-hybridized carbons (Fsp3) is 0.833. The van der Waals surface area contributed by atoms with Crippen molar-refractivity contribution in [1.82, 2.24) is 5.32 Å². The van der Waals surface area contributed by atoms with Crippen LogP contribution in [0.3, 0.4) is 0 Å². The maximum Gasteiger partial charge on any atom is 0.220 e. The van der Waals surface area contributed by atoms with E-state index >= 15 is 0 Å². The first kappa shape index (κ1) is 15.1. The van der Waals surface area contributed by atoms with Crippen molar-refractivity contribution in [3.8, 4) is 0 Å². The molecule has 0 atom stereocenters. The van der Waals surface area contributed by atoms with Crippen molar-refractivity contribution in [2.45, 2.75) is 40.5 Å². The van der Waals surface area contributed by atoms with Crippen LogP contribution in [0.15, 0.2) is 0 Å². The first-order valence-electron chi connectivity index (χ1n) is 5.65. The van der Waals surface area contributed by atoms with E-state index in [0.717, 1.165) is 0 Å². The molecule has 0 saturated heterocycles. The van der Waals surface area contributed by atoms with Gasteiger partial charge in [-0.1, -0.05) is 20.8 Å². The summed E-state index contributed by atoms with van der Waals surface area (Å²) in [5.74, 6) is 0.166. The number of carbonyl (C=O) groups excluding carboxylic acids is 2. The van der Waals surface area contributed by atoms with Gasteiger partial charge in [0.05, 0.1) is 13.2 Å². The van der Waals surface area contributed by atoms with Gasteiger partial charge in [0, 0.05) is 19.4 Å². The number of hydrogen-bond donors (Lipinski definition) is 1. The van der Waals surface area contributed by atoms with Crippen LogP contribution < -0.4 is 5.32 Å². The molecule has 0 aliphatic heterocycles.